The molecule has 2 N–H and O–H groups in total. The molecule has 3 fully saturated rings. The number of nitrogens with one attached hydrogen (secondary N) is 1. The number of rotatable bonds is 7. The third kappa shape index (κ3) is 4.46. The summed E-state index contributed by atoms with van der Waals surface area (Å²) in [5, 5.41) is 12.7. The Labute approximate surface area is 209 Å². The molecule has 8 nitrogen and oxygen atoms in total. The van der Waals surface area contributed by atoms with Crippen LogP contribution in [-0.4, -0.2) is 74.1 Å². The number of likely N-dealkylation sites (tertiary alicyclic amines) is 1. The quantitative estimate of drug-likeness (QED) is 0.324. The molecule has 34 heavy (non-hydrogen) atoms. The summed E-state index contributed by atoms with van der Waals surface area (Å²) >= 11 is 8.59. The van der Waals surface area contributed by atoms with Gasteiger partial charge in [-0.2, -0.15) is 0 Å². The second kappa shape index (κ2) is 9.31. The number of carbonyl (C=O) groups excluding carboxylic acids is 3. The molecule has 11 heteroatoms. The molecule has 0 aromatic heterocycles. The number of hydrogen-bond acceptors (Lipinski definition) is 6. The summed E-state index contributed by atoms with van der Waals surface area (Å²) < 4.78 is 0. The largest absolute Gasteiger partial charge is 0.477 e. The number of halogens is 1. The first-order chi connectivity index (χ1) is 16.3. The molecule has 0 spiro atoms. The van der Waals surface area contributed by atoms with Crippen LogP contribution in [0.2, 0.25) is 5.02 Å². The fraction of sp³-hybridized carbons (Fsp3) is 0.391. The Hall–Kier alpha value is -2.43. The second-order valence-electron chi connectivity index (χ2n) is 8.53. The lowest BCUT2D eigenvalue weighted by Crippen LogP contribution is -2.70. The van der Waals surface area contributed by atoms with Crippen molar-refractivity contribution in [3.8, 4) is 0 Å². The van der Waals surface area contributed by atoms with E-state index in [1.807, 2.05) is 17.0 Å². The summed E-state index contributed by atoms with van der Waals surface area (Å²) in [5.74, 6) is -1.52. The molecule has 1 aromatic carbocycles. The van der Waals surface area contributed by atoms with E-state index in [4.69, 9.17) is 11.6 Å². The number of carbonyl (C=O) groups is 4. The van der Waals surface area contributed by atoms with E-state index >= 15 is 0 Å². The molecule has 1 aliphatic carbocycles. The number of aliphatic carboxylic acids is 1. The average Bonchev–Trinajstić information content (AvgIpc) is 3.60. The van der Waals surface area contributed by atoms with Crippen molar-refractivity contribution >= 4 is 58.8 Å². The normalized spacial score (nSPS) is 25.5. The Morgan fingerprint density at radius 2 is 1.97 bits per heavy atom. The Morgan fingerprint density at radius 3 is 2.65 bits per heavy atom. The third-order valence-electron chi connectivity index (χ3n) is 6.19. The number of amides is 3. The van der Waals surface area contributed by atoms with Crippen molar-refractivity contribution in [2.75, 3.05) is 18.1 Å². The van der Waals surface area contributed by atoms with Crippen LogP contribution in [0.4, 0.5) is 0 Å². The van der Waals surface area contributed by atoms with Crippen LogP contribution >= 0.6 is 35.1 Å². The van der Waals surface area contributed by atoms with E-state index < -0.39 is 23.3 Å². The highest BCUT2D eigenvalue weighted by Gasteiger charge is 2.54. The molecule has 1 saturated carbocycles. The lowest BCUT2D eigenvalue weighted by Gasteiger charge is -2.49. The zero-order valence-corrected chi connectivity index (χ0v) is 20.4. The summed E-state index contributed by atoms with van der Waals surface area (Å²) in [6.45, 7) is 0.658. The number of hydrogen-bond donors (Lipinski definition) is 2. The van der Waals surface area contributed by atoms with Gasteiger partial charge in [0.25, 0.3) is 5.91 Å². The summed E-state index contributed by atoms with van der Waals surface area (Å²) in [5.41, 5.74) is 0.961. The maximum absolute atomic E-state index is 12.8. The summed E-state index contributed by atoms with van der Waals surface area (Å²) in [6.07, 6.45) is 4.28. The van der Waals surface area contributed by atoms with Crippen LogP contribution in [0.15, 0.2) is 52.1 Å². The average molecular weight is 520 g/mol. The third-order valence-corrected chi connectivity index (χ3v) is 8.76. The van der Waals surface area contributed by atoms with E-state index in [1.165, 1.54) is 28.4 Å². The molecule has 178 valence electrons. The van der Waals surface area contributed by atoms with Crippen molar-refractivity contribution < 1.29 is 24.3 Å². The molecule has 4 aliphatic rings. The van der Waals surface area contributed by atoms with Gasteiger partial charge in [-0.05, 0) is 55.2 Å². The van der Waals surface area contributed by atoms with Crippen LogP contribution in [0.25, 0.3) is 0 Å². The maximum atomic E-state index is 12.8. The fourth-order valence-electron chi connectivity index (χ4n) is 4.36. The van der Waals surface area contributed by atoms with Crippen LogP contribution in [0.3, 0.4) is 0 Å². The topological polar surface area (TPSA) is 107 Å². The lowest BCUT2D eigenvalue weighted by molar-refractivity contribution is -0.150. The molecule has 3 amide bonds. The number of carboxylic acid groups (broad SMARTS) is 1. The summed E-state index contributed by atoms with van der Waals surface area (Å²) in [7, 11) is 0. The summed E-state index contributed by atoms with van der Waals surface area (Å²) in [4.78, 5) is 54.0. The molecule has 0 bridgehead atoms. The second-order valence-corrected chi connectivity index (χ2v) is 11.1. The molecule has 3 aliphatic heterocycles. The minimum Gasteiger partial charge on any atom is -0.477 e. The van der Waals surface area contributed by atoms with Gasteiger partial charge in [0.15, 0.2) is 0 Å². The Morgan fingerprint density at radius 1 is 1.24 bits per heavy atom. The zero-order valence-electron chi connectivity index (χ0n) is 18.0. The molecule has 5 rings (SSSR count). The van der Waals surface area contributed by atoms with Crippen LogP contribution in [0.5, 0.6) is 0 Å². The Bertz CT molecular complexity index is 1130. The van der Waals surface area contributed by atoms with Crippen molar-refractivity contribution in [3.05, 3.63) is 52.2 Å². The molecule has 2 atom stereocenters. The number of allylic oxidation sites excluding steroid dienone is 1. The number of fused-ring (bicyclic) bond motifs is 1. The van der Waals surface area contributed by atoms with Crippen molar-refractivity contribution in [1.29, 1.82) is 0 Å². The van der Waals surface area contributed by atoms with Crippen LogP contribution in [0.1, 0.15) is 19.3 Å². The smallest absolute Gasteiger partial charge is 0.352 e. The molecule has 2 saturated heterocycles. The van der Waals surface area contributed by atoms with Crippen molar-refractivity contribution in [2.24, 2.45) is 0 Å². The molecular formula is C23H22ClN3O5S2. The van der Waals surface area contributed by atoms with E-state index in [9.17, 15) is 24.3 Å². The first-order valence-electron chi connectivity index (χ1n) is 10.9. The monoisotopic (exact) mass is 519 g/mol. The number of nitrogens with zero attached hydrogens (tertiary/aromatic N) is 2. The fourth-order valence-corrected chi connectivity index (χ4v) is 6.50. The van der Waals surface area contributed by atoms with E-state index in [0.29, 0.717) is 40.9 Å². The van der Waals surface area contributed by atoms with Gasteiger partial charge in [0.2, 0.25) is 11.8 Å². The number of benzene rings is 1. The van der Waals surface area contributed by atoms with E-state index in [-0.39, 0.29) is 23.3 Å². The van der Waals surface area contributed by atoms with E-state index in [2.05, 4.69) is 5.32 Å². The predicted molar refractivity (Wildman–Crippen MR) is 129 cm³/mol. The molecular weight excluding hydrogens is 498 g/mol. The molecule has 0 radical (unpaired) electrons. The number of thioether (sulfide) groups is 2. The highest BCUT2D eigenvalue weighted by molar-refractivity contribution is 8.00. The maximum Gasteiger partial charge on any atom is 0.352 e. The van der Waals surface area contributed by atoms with Gasteiger partial charge < -0.3 is 15.3 Å². The first kappa shape index (κ1) is 23.3. The zero-order chi connectivity index (χ0) is 24.0. The van der Waals surface area contributed by atoms with Gasteiger partial charge in [-0.1, -0.05) is 11.6 Å². The lowest BCUT2D eigenvalue weighted by atomic mass is 10.0. The SMILES string of the molecule is O=C(CSc1ccc(Cl)cc1)N[C@@H]1C(=O)N2C(C(=O)O)=C(C=C3CCN(C4CC4)C3=O)CS[C@H]12. The molecule has 1 aromatic rings. The molecule has 3 heterocycles. The highest BCUT2D eigenvalue weighted by atomic mass is 35.5. The summed E-state index contributed by atoms with van der Waals surface area (Å²) in [6, 6.07) is 6.64. The van der Waals surface area contributed by atoms with Crippen molar-refractivity contribution in [1.82, 2.24) is 15.1 Å². The van der Waals surface area contributed by atoms with Gasteiger partial charge in [-0.25, -0.2) is 4.79 Å². The Kier molecular flexibility index (Phi) is 6.39. The first-order valence-corrected chi connectivity index (χ1v) is 13.3. The number of carboxylic acids is 1. The van der Waals surface area contributed by atoms with Crippen LogP contribution in [0, 0.1) is 0 Å². The van der Waals surface area contributed by atoms with E-state index in [0.717, 1.165) is 17.7 Å². The van der Waals surface area contributed by atoms with Gasteiger partial charge in [0.05, 0.1) is 5.75 Å². The van der Waals surface area contributed by atoms with Crippen LogP contribution < -0.4 is 5.32 Å². The van der Waals surface area contributed by atoms with Gasteiger partial charge in [0, 0.05) is 33.8 Å². The standard InChI is InChI=1S/C23H22ClN3O5S2/c24-14-1-5-16(6-2-14)33-11-17(28)25-18-21(30)27-19(23(31)32)13(10-34-22(18)27)9-12-7-8-26(20(12)29)15-3-4-15/h1-2,5-6,9,15,18,22H,3-4,7-8,10-11H2,(H,25,28)(H,31,32)/t18-,22-/m1/s1. The Balaban J connectivity index is 1.25. The number of β-lactam (4-membered cyclic amide) rings is 1. The highest BCUT2D eigenvalue weighted by Crippen LogP contribution is 2.42. The van der Waals surface area contributed by atoms with Gasteiger partial charge in [-0.3, -0.25) is 19.3 Å². The van der Waals surface area contributed by atoms with Gasteiger partial charge in [0.1, 0.15) is 17.1 Å². The van der Waals surface area contributed by atoms with Crippen LogP contribution in [-0.2, 0) is 19.2 Å². The van der Waals surface area contributed by atoms with E-state index in [1.54, 1.807) is 18.2 Å². The predicted octanol–water partition coefficient (Wildman–Crippen LogP) is 2.49. The van der Waals surface area contributed by atoms with Gasteiger partial charge >= 0.3 is 5.97 Å². The van der Waals surface area contributed by atoms with Crippen molar-refractivity contribution in [3.63, 3.8) is 0 Å². The van der Waals surface area contributed by atoms with Crippen molar-refractivity contribution in [2.45, 2.75) is 41.6 Å². The minimum atomic E-state index is -1.21. The van der Waals surface area contributed by atoms with Gasteiger partial charge in [-0.15, -0.1) is 23.5 Å². The molecule has 0 unspecified atom stereocenters. The minimum absolute atomic E-state index is 0.0369.